The maximum absolute atomic E-state index is 11.5. The topological polar surface area (TPSA) is 69.6 Å². The van der Waals surface area contributed by atoms with Crippen molar-refractivity contribution in [2.75, 3.05) is 5.73 Å². The van der Waals surface area contributed by atoms with Crippen molar-refractivity contribution in [1.29, 1.82) is 0 Å². The summed E-state index contributed by atoms with van der Waals surface area (Å²) in [4.78, 5) is 15.4. The lowest BCUT2D eigenvalue weighted by Crippen LogP contribution is -2.22. The molecule has 0 spiro atoms. The van der Waals surface area contributed by atoms with E-state index in [-0.39, 0.29) is 0 Å². The molecule has 2 rings (SSSR count). The summed E-state index contributed by atoms with van der Waals surface area (Å²) in [7, 11) is 0. The highest BCUT2D eigenvalue weighted by atomic mass is 16.6. The average Bonchev–Trinajstić information content (AvgIpc) is 2.79. The summed E-state index contributed by atoms with van der Waals surface area (Å²) in [5.41, 5.74) is 7.24. The lowest BCUT2D eigenvalue weighted by Gasteiger charge is -2.17. The van der Waals surface area contributed by atoms with Crippen molar-refractivity contribution in [1.82, 2.24) is 4.57 Å². The molecule has 0 fully saturated rings. The van der Waals surface area contributed by atoms with Gasteiger partial charge >= 0.3 is 6.09 Å². The zero-order valence-electron chi connectivity index (χ0n) is 14.2. The summed E-state index contributed by atoms with van der Waals surface area (Å²) in [6.45, 7) is 8.44. The number of ether oxygens (including phenoxy) is 1. The van der Waals surface area contributed by atoms with Crippen molar-refractivity contribution >= 4 is 28.9 Å². The molecule has 5 nitrogen and oxygen atoms in total. The third-order valence-corrected chi connectivity index (χ3v) is 3.40. The fraction of sp³-hybridized carbons (Fsp3) is 0.444. The Kier molecular flexibility index (Phi) is 5.08. The van der Waals surface area contributed by atoms with Gasteiger partial charge in [-0.1, -0.05) is 13.0 Å². The molecule has 0 bridgehead atoms. The molecule has 1 aromatic heterocycles. The van der Waals surface area contributed by atoms with Crippen molar-refractivity contribution in [3.8, 4) is 0 Å². The van der Waals surface area contributed by atoms with E-state index in [2.05, 4.69) is 28.7 Å². The molecule has 0 saturated carbocycles. The number of carbonyl (C=O) groups excluding carboxylic acids is 1. The van der Waals surface area contributed by atoms with Crippen molar-refractivity contribution in [3.05, 3.63) is 30.5 Å². The molecule has 23 heavy (non-hydrogen) atoms. The van der Waals surface area contributed by atoms with Gasteiger partial charge < -0.3 is 15.0 Å². The molecule has 124 valence electrons. The Hall–Kier alpha value is -2.30. The molecule has 1 heterocycles. The largest absolute Gasteiger partial charge is 0.442 e. The molecule has 0 aliphatic carbocycles. The van der Waals surface area contributed by atoms with Gasteiger partial charge in [0.25, 0.3) is 0 Å². The Bertz CT molecular complexity index is 711. The Balaban J connectivity index is 1.92. The number of anilines is 1. The number of amides is 1. The molecule has 1 unspecified atom stereocenters. The molecule has 2 N–H and O–H groups in total. The number of aromatic nitrogens is 1. The second kappa shape index (κ2) is 6.86. The summed E-state index contributed by atoms with van der Waals surface area (Å²) in [5.74, 6) is 0.346. The number of nitrogens with zero attached hydrogens (tertiary/aromatic N) is 2. The van der Waals surface area contributed by atoms with Crippen molar-refractivity contribution in [2.24, 2.45) is 10.9 Å². The van der Waals surface area contributed by atoms with Crippen molar-refractivity contribution in [3.63, 3.8) is 0 Å². The third-order valence-electron chi connectivity index (χ3n) is 3.40. The van der Waals surface area contributed by atoms with Crippen LogP contribution in [0.4, 0.5) is 10.5 Å². The van der Waals surface area contributed by atoms with Crippen LogP contribution in [0.5, 0.6) is 0 Å². The van der Waals surface area contributed by atoms with Gasteiger partial charge in [0, 0.05) is 24.6 Å². The fourth-order valence-electron chi connectivity index (χ4n) is 2.37. The Morgan fingerprint density at radius 1 is 1.39 bits per heavy atom. The number of rotatable bonds is 4. The molecule has 1 atom stereocenters. The first kappa shape index (κ1) is 17.1. The maximum atomic E-state index is 11.5. The number of nitrogens with two attached hydrogens (primary N) is 1. The highest BCUT2D eigenvalue weighted by Crippen LogP contribution is 2.20. The van der Waals surface area contributed by atoms with Crippen LogP contribution in [0, 0.1) is 5.92 Å². The van der Waals surface area contributed by atoms with Crippen LogP contribution >= 0.6 is 0 Å². The van der Waals surface area contributed by atoms with E-state index in [0.717, 1.165) is 17.7 Å². The van der Waals surface area contributed by atoms with Crippen LogP contribution in [0.2, 0.25) is 0 Å². The predicted octanol–water partition coefficient (Wildman–Crippen LogP) is 4.26. The number of hydrogen-bond acceptors (Lipinski definition) is 3. The van der Waals surface area contributed by atoms with Crippen LogP contribution in [0.15, 0.2) is 35.5 Å². The molecule has 5 heteroatoms. The fourth-order valence-corrected chi connectivity index (χ4v) is 2.37. The van der Waals surface area contributed by atoms with Gasteiger partial charge in [-0.2, -0.15) is 4.99 Å². The van der Waals surface area contributed by atoms with E-state index < -0.39 is 11.7 Å². The molecule has 1 aromatic carbocycles. The number of fused-ring (bicyclic) bond motifs is 1. The van der Waals surface area contributed by atoms with Crippen LogP contribution < -0.4 is 5.73 Å². The lowest BCUT2D eigenvalue weighted by molar-refractivity contribution is 0.0605. The molecule has 0 saturated heterocycles. The van der Waals surface area contributed by atoms with E-state index in [1.54, 1.807) is 6.21 Å². The van der Waals surface area contributed by atoms with E-state index in [9.17, 15) is 4.79 Å². The Morgan fingerprint density at radius 3 is 2.83 bits per heavy atom. The van der Waals surface area contributed by atoms with E-state index in [0.29, 0.717) is 12.3 Å². The molecule has 0 radical (unpaired) electrons. The highest BCUT2D eigenvalue weighted by Gasteiger charge is 2.15. The van der Waals surface area contributed by atoms with Crippen LogP contribution in [-0.2, 0) is 11.3 Å². The summed E-state index contributed by atoms with van der Waals surface area (Å²) in [6.07, 6.45) is 3.87. The highest BCUT2D eigenvalue weighted by molar-refractivity contribution is 5.83. The van der Waals surface area contributed by atoms with E-state index in [1.807, 2.05) is 39.0 Å². The van der Waals surface area contributed by atoms with Gasteiger partial charge in [0.05, 0.1) is 5.52 Å². The molecule has 0 aliphatic heterocycles. The maximum Gasteiger partial charge on any atom is 0.433 e. The first-order valence-electron chi connectivity index (χ1n) is 7.84. The van der Waals surface area contributed by atoms with Crippen molar-refractivity contribution < 1.29 is 9.53 Å². The first-order chi connectivity index (χ1) is 10.7. The summed E-state index contributed by atoms with van der Waals surface area (Å²) in [6, 6.07) is 7.99. The minimum atomic E-state index is -0.538. The molecular formula is C18H25N3O2. The van der Waals surface area contributed by atoms with E-state index in [1.165, 1.54) is 5.39 Å². The first-order valence-corrected chi connectivity index (χ1v) is 7.84. The van der Waals surface area contributed by atoms with Gasteiger partial charge in [-0.3, -0.25) is 0 Å². The molecule has 2 aromatic rings. The predicted molar refractivity (Wildman–Crippen MR) is 94.9 cm³/mol. The van der Waals surface area contributed by atoms with Gasteiger partial charge in [0.15, 0.2) is 0 Å². The Morgan fingerprint density at radius 2 is 2.13 bits per heavy atom. The normalized spacial score (nSPS) is 13.6. The number of carbonyl (C=O) groups is 1. The standard InChI is InChI=1S/C18H25N3O2/c1-13(7-9-20-17(22)23-18(2,3)4)12-21-10-8-14-5-6-15(19)11-16(14)21/h5-6,8-11,13H,7,12,19H2,1-4H3. The van der Waals surface area contributed by atoms with Crippen LogP contribution in [-0.4, -0.2) is 22.5 Å². The summed E-state index contributed by atoms with van der Waals surface area (Å²) in [5, 5.41) is 1.17. The summed E-state index contributed by atoms with van der Waals surface area (Å²) >= 11 is 0. The minimum Gasteiger partial charge on any atom is -0.442 e. The SMILES string of the molecule is CC(CC=NC(=O)OC(C)(C)C)Cn1ccc2ccc(N)cc21. The van der Waals surface area contributed by atoms with Gasteiger partial charge in [0.2, 0.25) is 0 Å². The average molecular weight is 315 g/mol. The quantitative estimate of drug-likeness (QED) is 0.677. The van der Waals surface area contributed by atoms with E-state index in [4.69, 9.17) is 10.5 Å². The number of nitrogen functional groups attached to an aromatic ring is 1. The van der Waals surface area contributed by atoms with Crippen LogP contribution in [0.25, 0.3) is 10.9 Å². The number of aliphatic imine (C=N–C) groups is 1. The molecule has 1 amide bonds. The molecular weight excluding hydrogens is 290 g/mol. The lowest BCUT2D eigenvalue weighted by atomic mass is 10.1. The van der Waals surface area contributed by atoms with Crippen LogP contribution in [0.3, 0.4) is 0 Å². The van der Waals surface area contributed by atoms with Crippen LogP contribution in [0.1, 0.15) is 34.1 Å². The number of hydrogen-bond donors (Lipinski definition) is 1. The second-order valence-corrected chi connectivity index (χ2v) is 6.92. The zero-order chi connectivity index (χ0) is 17.0. The third kappa shape index (κ3) is 5.13. The second-order valence-electron chi connectivity index (χ2n) is 6.92. The zero-order valence-corrected chi connectivity index (χ0v) is 14.2. The molecule has 0 aliphatic rings. The van der Waals surface area contributed by atoms with Gasteiger partial charge in [0.1, 0.15) is 5.60 Å². The van der Waals surface area contributed by atoms with Gasteiger partial charge in [-0.15, -0.1) is 0 Å². The summed E-state index contributed by atoms with van der Waals surface area (Å²) < 4.78 is 7.32. The van der Waals surface area contributed by atoms with E-state index >= 15 is 0 Å². The monoisotopic (exact) mass is 315 g/mol. The number of benzene rings is 1. The van der Waals surface area contributed by atoms with Gasteiger partial charge in [-0.05, 0) is 56.7 Å². The smallest absolute Gasteiger partial charge is 0.433 e. The van der Waals surface area contributed by atoms with Gasteiger partial charge in [-0.25, -0.2) is 4.79 Å². The minimum absolute atomic E-state index is 0.346. The Labute approximate surface area is 137 Å². The van der Waals surface area contributed by atoms with Crippen molar-refractivity contribution in [2.45, 2.75) is 46.3 Å².